The van der Waals surface area contributed by atoms with Crippen LogP contribution < -0.4 is 5.32 Å². The van der Waals surface area contributed by atoms with Gasteiger partial charge in [0.05, 0.1) is 0 Å². The van der Waals surface area contributed by atoms with Crippen LogP contribution in [0.2, 0.25) is 0 Å². The summed E-state index contributed by atoms with van der Waals surface area (Å²) in [6.07, 6.45) is 0.908. The van der Waals surface area contributed by atoms with E-state index in [1.54, 1.807) is 36.4 Å². The Hall–Kier alpha value is -2.16. The zero-order valence-corrected chi connectivity index (χ0v) is 13.3. The molecule has 2 aromatic carbocycles. The minimum Gasteiger partial charge on any atom is -0.352 e. The van der Waals surface area contributed by atoms with E-state index in [0.717, 1.165) is 6.42 Å². The number of halogens is 1. The van der Waals surface area contributed by atoms with Crippen molar-refractivity contribution in [3.8, 4) is 11.1 Å². The Kier molecular flexibility index (Phi) is 4.96. The summed E-state index contributed by atoms with van der Waals surface area (Å²) >= 11 is 0. The molecular weight excluding hydrogens is 277 g/mol. The van der Waals surface area contributed by atoms with Crippen molar-refractivity contribution in [3.05, 3.63) is 59.9 Å². The summed E-state index contributed by atoms with van der Waals surface area (Å²) in [5.41, 5.74) is 1.95. The Bertz CT molecular complexity index is 658. The molecule has 116 valence electrons. The van der Waals surface area contributed by atoms with Gasteiger partial charge < -0.3 is 5.32 Å². The number of carbonyl (C=O) groups is 1. The number of benzene rings is 2. The molecule has 3 heteroatoms. The Balaban J connectivity index is 2.12. The lowest BCUT2D eigenvalue weighted by atomic mass is 9.92. The van der Waals surface area contributed by atoms with Gasteiger partial charge in [0.25, 0.3) is 5.91 Å². The van der Waals surface area contributed by atoms with Gasteiger partial charge in [-0.2, -0.15) is 0 Å². The van der Waals surface area contributed by atoms with Crippen LogP contribution in [0.5, 0.6) is 0 Å². The van der Waals surface area contributed by atoms with Crippen LogP contribution in [0, 0.1) is 11.2 Å². The standard InChI is InChI=1S/C19H22FNO/c1-19(2,3)11-12-21-18(22)15-8-6-7-14(13-15)16-9-4-5-10-17(16)20/h4-10,13H,11-12H2,1-3H3,(H,21,22). The molecule has 0 radical (unpaired) electrons. The lowest BCUT2D eigenvalue weighted by Crippen LogP contribution is -2.27. The highest BCUT2D eigenvalue weighted by Crippen LogP contribution is 2.23. The number of rotatable bonds is 4. The minimum absolute atomic E-state index is 0.123. The van der Waals surface area contributed by atoms with Gasteiger partial charge in [0.2, 0.25) is 0 Å². The predicted octanol–water partition coefficient (Wildman–Crippen LogP) is 4.66. The maximum absolute atomic E-state index is 13.8. The van der Waals surface area contributed by atoms with Crippen LogP contribution in [0.25, 0.3) is 11.1 Å². The normalized spacial score (nSPS) is 11.3. The molecule has 0 atom stereocenters. The van der Waals surface area contributed by atoms with Crippen molar-refractivity contribution in [1.29, 1.82) is 0 Å². The maximum Gasteiger partial charge on any atom is 0.251 e. The van der Waals surface area contributed by atoms with E-state index >= 15 is 0 Å². The molecule has 0 aromatic heterocycles. The highest BCUT2D eigenvalue weighted by atomic mass is 19.1. The molecule has 0 aliphatic heterocycles. The monoisotopic (exact) mass is 299 g/mol. The second kappa shape index (κ2) is 6.73. The third-order valence-electron chi connectivity index (χ3n) is 3.47. The number of carbonyl (C=O) groups excluding carboxylic acids is 1. The summed E-state index contributed by atoms with van der Waals surface area (Å²) in [6, 6.07) is 13.6. The zero-order valence-electron chi connectivity index (χ0n) is 13.3. The number of amides is 1. The van der Waals surface area contributed by atoms with Crippen molar-refractivity contribution >= 4 is 5.91 Å². The average Bonchev–Trinajstić information content (AvgIpc) is 2.46. The molecule has 0 aliphatic carbocycles. The lowest BCUT2D eigenvalue weighted by molar-refractivity contribution is 0.0949. The fourth-order valence-electron chi connectivity index (χ4n) is 2.18. The van der Waals surface area contributed by atoms with Crippen LogP contribution in [0.1, 0.15) is 37.6 Å². The van der Waals surface area contributed by atoms with E-state index in [1.807, 2.05) is 6.07 Å². The molecule has 0 saturated carbocycles. The molecule has 2 rings (SSSR count). The Labute approximate surface area is 131 Å². The smallest absolute Gasteiger partial charge is 0.251 e. The van der Waals surface area contributed by atoms with Crippen LogP contribution in [0.3, 0.4) is 0 Å². The first-order valence-corrected chi connectivity index (χ1v) is 7.50. The summed E-state index contributed by atoms with van der Waals surface area (Å²) < 4.78 is 13.8. The molecule has 2 aromatic rings. The average molecular weight is 299 g/mol. The van der Waals surface area contributed by atoms with Crippen LogP contribution in [-0.4, -0.2) is 12.5 Å². The molecule has 0 unspecified atom stereocenters. The van der Waals surface area contributed by atoms with Gasteiger partial charge in [-0.25, -0.2) is 4.39 Å². The topological polar surface area (TPSA) is 29.1 Å². The molecule has 1 amide bonds. The fourth-order valence-corrected chi connectivity index (χ4v) is 2.18. The number of hydrogen-bond donors (Lipinski definition) is 1. The van der Waals surface area contributed by atoms with E-state index in [1.165, 1.54) is 6.07 Å². The van der Waals surface area contributed by atoms with Crippen molar-refractivity contribution in [3.63, 3.8) is 0 Å². The van der Waals surface area contributed by atoms with Crippen LogP contribution in [-0.2, 0) is 0 Å². The minimum atomic E-state index is -0.284. The van der Waals surface area contributed by atoms with Gasteiger partial charge in [-0.05, 0) is 35.6 Å². The van der Waals surface area contributed by atoms with Crippen molar-refractivity contribution in [2.45, 2.75) is 27.2 Å². The first-order valence-electron chi connectivity index (χ1n) is 7.50. The van der Waals surface area contributed by atoms with Crippen LogP contribution in [0.15, 0.2) is 48.5 Å². The maximum atomic E-state index is 13.8. The van der Waals surface area contributed by atoms with Gasteiger partial charge in [0.1, 0.15) is 5.82 Å². The fraction of sp³-hybridized carbons (Fsp3) is 0.316. The van der Waals surface area contributed by atoms with E-state index in [0.29, 0.717) is 23.2 Å². The van der Waals surface area contributed by atoms with E-state index in [9.17, 15) is 9.18 Å². The molecule has 0 saturated heterocycles. The van der Waals surface area contributed by atoms with E-state index in [-0.39, 0.29) is 17.1 Å². The van der Waals surface area contributed by atoms with Crippen molar-refractivity contribution in [2.24, 2.45) is 5.41 Å². The molecule has 0 spiro atoms. The first-order chi connectivity index (χ1) is 10.4. The summed E-state index contributed by atoms with van der Waals surface area (Å²) in [5, 5.41) is 2.92. The van der Waals surface area contributed by atoms with Crippen molar-refractivity contribution in [1.82, 2.24) is 5.32 Å². The quantitative estimate of drug-likeness (QED) is 0.874. The second-order valence-corrected chi connectivity index (χ2v) is 6.63. The Morgan fingerprint density at radius 3 is 2.50 bits per heavy atom. The first kappa shape index (κ1) is 16.2. The van der Waals surface area contributed by atoms with Gasteiger partial charge in [-0.3, -0.25) is 4.79 Å². The molecule has 0 heterocycles. The molecule has 0 aliphatic rings. The Morgan fingerprint density at radius 2 is 1.82 bits per heavy atom. The lowest BCUT2D eigenvalue weighted by Gasteiger charge is -2.18. The molecule has 0 fully saturated rings. The summed E-state index contributed by atoms with van der Waals surface area (Å²) in [5.74, 6) is -0.407. The molecule has 1 N–H and O–H groups in total. The summed E-state index contributed by atoms with van der Waals surface area (Å²) in [6.45, 7) is 7.04. The van der Waals surface area contributed by atoms with Gasteiger partial charge >= 0.3 is 0 Å². The van der Waals surface area contributed by atoms with Gasteiger partial charge in [0.15, 0.2) is 0 Å². The largest absolute Gasteiger partial charge is 0.352 e. The summed E-state index contributed by atoms with van der Waals surface area (Å²) in [4.78, 5) is 12.2. The predicted molar refractivity (Wildman–Crippen MR) is 88.2 cm³/mol. The SMILES string of the molecule is CC(C)(C)CCNC(=O)c1cccc(-c2ccccc2F)c1. The van der Waals surface area contributed by atoms with E-state index < -0.39 is 0 Å². The number of hydrogen-bond acceptors (Lipinski definition) is 1. The van der Waals surface area contributed by atoms with Crippen LogP contribution in [0.4, 0.5) is 4.39 Å². The highest BCUT2D eigenvalue weighted by Gasteiger charge is 2.12. The molecule has 0 bridgehead atoms. The molecular formula is C19H22FNO. The zero-order chi connectivity index (χ0) is 16.2. The van der Waals surface area contributed by atoms with Crippen molar-refractivity contribution in [2.75, 3.05) is 6.54 Å². The van der Waals surface area contributed by atoms with Gasteiger partial charge in [-0.15, -0.1) is 0 Å². The van der Waals surface area contributed by atoms with Gasteiger partial charge in [0, 0.05) is 17.7 Å². The van der Waals surface area contributed by atoms with Crippen LogP contribution >= 0.6 is 0 Å². The third kappa shape index (κ3) is 4.42. The second-order valence-electron chi connectivity index (χ2n) is 6.63. The third-order valence-corrected chi connectivity index (χ3v) is 3.47. The van der Waals surface area contributed by atoms with Crippen molar-refractivity contribution < 1.29 is 9.18 Å². The van der Waals surface area contributed by atoms with E-state index in [4.69, 9.17) is 0 Å². The summed E-state index contributed by atoms with van der Waals surface area (Å²) in [7, 11) is 0. The number of nitrogens with one attached hydrogen (secondary N) is 1. The molecule has 22 heavy (non-hydrogen) atoms. The molecule has 2 nitrogen and oxygen atoms in total. The van der Waals surface area contributed by atoms with Gasteiger partial charge in [-0.1, -0.05) is 51.1 Å². The van der Waals surface area contributed by atoms with E-state index in [2.05, 4.69) is 26.1 Å². The Morgan fingerprint density at radius 1 is 1.09 bits per heavy atom. The highest BCUT2D eigenvalue weighted by molar-refractivity contribution is 5.95.